The molecule has 3 aliphatic rings. The van der Waals surface area contributed by atoms with Crippen molar-refractivity contribution < 1.29 is 24.2 Å². The van der Waals surface area contributed by atoms with Gasteiger partial charge in [0.15, 0.2) is 0 Å². The number of nitrogens with one attached hydrogen (secondary N) is 2. The first-order valence-corrected chi connectivity index (χ1v) is 15.6. The minimum Gasteiger partial charge on any atom is -0.394 e. The first kappa shape index (κ1) is 31.2. The number of amides is 3. The van der Waals surface area contributed by atoms with E-state index in [1.54, 1.807) is 0 Å². The molecular formula is C35H47N3O5. The quantitative estimate of drug-likeness (QED) is 0.378. The second kappa shape index (κ2) is 11.4. The number of carbonyl (C=O) groups excluding carboxylic acids is 3. The van der Waals surface area contributed by atoms with Crippen LogP contribution in [0, 0.1) is 17.3 Å². The molecule has 0 saturated carbocycles. The maximum Gasteiger partial charge on any atom is 0.246 e. The molecule has 3 aliphatic heterocycles. The summed E-state index contributed by atoms with van der Waals surface area (Å²) in [6.07, 6.45) is 2.33. The molecule has 1 spiro atoms. The van der Waals surface area contributed by atoms with E-state index >= 15 is 0 Å². The van der Waals surface area contributed by atoms with Gasteiger partial charge in [-0.1, -0.05) is 88.4 Å². The molecule has 0 aromatic heterocycles. The molecule has 2 bridgehead atoms. The predicted octanol–water partition coefficient (Wildman–Crippen LogP) is 4.52. The van der Waals surface area contributed by atoms with Crippen molar-refractivity contribution in [2.75, 3.05) is 6.61 Å². The summed E-state index contributed by atoms with van der Waals surface area (Å²) in [5.74, 6) is -2.44. The van der Waals surface area contributed by atoms with E-state index in [1.807, 2.05) is 81.4 Å². The lowest BCUT2D eigenvalue weighted by atomic mass is 9.65. The number of fused-ring (bicyclic) bond motifs is 1. The summed E-state index contributed by atoms with van der Waals surface area (Å²) >= 11 is 0. The molecule has 43 heavy (non-hydrogen) atoms. The first-order chi connectivity index (χ1) is 20.3. The highest BCUT2D eigenvalue weighted by molar-refractivity contribution is 5.99. The van der Waals surface area contributed by atoms with Gasteiger partial charge < -0.3 is 25.4 Å². The van der Waals surface area contributed by atoms with E-state index in [-0.39, 0.29) is 29.7 Å². The van der Waals surface area contributed by atoms with Crippen molar-refractivity contribution in [3.05, 3.63) is 71.8 Å². The molecule has 0 radical (unpaired) electrons. The summed E-state index contributed by atoms with van der Waals surface area (Å²) in [6, 6.07) is 17.2. The fourth-order valence-corrected chi connectivity index (χ4v) is 8.39. The minimum atomic E-state index is -1.17. The molecule has 3 heterocycles. The number of likely N-dealkylation sites (tertiary alicyclic amines) is 1. The Labute approximate surface area is 255 Å². The maximum absolute atomic E-state index is 14.7. The predicted molar refractivity (Wildman–Crippen MR) is 165 cm³/mol. The van der Waals surface area contributed by atoms with Gasteiger partial charge in [-0.25, -0.2) is 0 Å². The number of ether oxygens (including phenoxy) is 1. The van der Waals surface area contributed by atoms with Crippen molar-refractivity contribution in [1.82, 2.24) is 15.5 Å². The largest absolute Gasteiger partial charge is 0.394 e. The van der Waals surface area contributed by atoms with Crippen LogP contribution >= 0.6 is 0 Å². The zero-order valence-corrected chi connectivity index (χ0v) is 26.4. The second-order valence-electron chi connectivity index (χ2n) is 14.5. The molecule has 3 fully saturated rings. The standard InChI is InChI=1S/C35H47N3O5/c1-7-34-18-19-35(43-34)27(26(34)29(40)36-20-23-14-10-8-11-15-23)31(42)38(25(21-39)24-16-12-9-13-17-24)28(35)30(41)37-33(5,6)22-32(2,3)4/h8-17,25-28,39H,7,18-22H2,1-6H3,(H,36,40)(H,37,41)/t25-,26-,27+,28?,34+,35?/m1/s1. The van der Waals surface area contributed by atoms with Crippen molar-refractivity contribution in [2.24, 2.45) is 17.3 Å². The van der Waals surface area contributed by atoms with Gasteiger partial charge in [0.1, 0.15) is 11.6 Å². The molecule has 3 N–H and O–H groups in total. The Hall–Kier alpha value is -3.23. The van der Waals surface area contributed by atoms with Crippen LogP contribution in [-0.4, -0.2) is 57.1 Å². The minimum absolute atomic E-state index is 0.0447. The van der Waals surface area contributed by atoms with E-state index in [9.17, 15) is 19.5 Å². The Balaban J connectivity index is 1.56. The van der Waals surface area contributed by atoms with E-state index < -0.39 is 40.7 Å². The third-order valence-electron chi connectivity index (χ3n) is 9.59. The van der Waals surface area contributed by atoms with Gasteiger partial charge in [-0.3, -0.25) is 14.4 Å². The normalized spacial score (nSPS) is 29.0. The zero-order valence-electron chi connectivity index (χ0n) is 26.4. The van der Waals surface area contributed by atoms with Crippen LogP contribution in [0.3, 0.4) is 0 Å². The van der Waals surface area contributed by atoms with Crippen molar-refractivity contribution in [1.29, 1.82) is 0 Å². The third kappa shape index (κ3) is 5.60. The molecule has 6 atom stereocenters. The topological polar surface area (TPSA) is 108 Å². The smallest absolute Gasteiger partial charge is 0.246 e. The van der Waals surface area contributed by atoms with Crippen molar-refractivity contribution >= 4 is 17.7 Å². The van der Waals surface area contributed by atoms with E-state index in [4.69, 9.17) is 4.74 Å². The monoisotopic (exact) mass is 589 g/mol. The van der Waals surface area contributed by atoms with E-state index in [2.05, 4.69) is 31.4 Å². The lowest BCUT2D eigenvalue weighted by Gasteiger charge is -2.40. The average molecular weight is 590 g/mol. The number of benzene rings is 2. The highest BCUT2D eigenvalue weighted by atomic mass is 16.5. The SMILES string of the molecule is CC[C@@]12CCC3(O1)C(C(=O)NC(C)(C)CC(C)(C)C)N([C@H](CO)c1ccccc1)C(=O)[C@@H]3[C@@H]2C(=O)NCc1ccccc1. The Morgan fingerprint density at radius 2 is 1.63 bits per heavy atom. The first-order valence-electron chi connectivity index (χ1n) is 15.6. The van der Waals surface area contributed by atoms with E-state index in [1.165, 1.54) is 4.90 Å². The Kier molecular flexibility index (Phi) is 8.24. The van der Waals surface area contributed by atoms with Crippen LogP contribution in [0.4, 0.5) is 0 Å². The number of carbonyl (C=O) groups is 3. The molecule has 3 amide bonds. The summed E-state index contributed by atoms with van der Waals surface area (Å²) < 4.78 is 6.92. The van der Waals surface area contributed by atoms with Gasteiger partial charge in [-0.05, 0) is 56.1 Å². The summed E-state index contributed by atoms with van der Waals surface area (Å²) in [5, 5.41) is 17.0. The van der Waals surface area contributed by atoms with Gasteiger partial charge in [0.2, 0.25) is 17.7 Å². The third-order valence-corrected chi connectivity index (χ3v) is 9.59. The molecule has 2 aromatic rings. The van der Waals surface area contributed by atoms with Gasteiger partial charge in [0, 0.05) is 12.1 Å². The molecule has 0 aliphatic carbocycles. The molecule has 2 unspecified atom stereocenters. The van der Waals surface area contributed by atoms with Crippen LogP contribution < -0.4 is 10.6 Å². The number of nitrogens with zero attached hydrogens (tertiary/aromatic N) is 1. The molecule has 2 aromatic carbocycles. The zero-order chi connectivity index (χ0) is 31.2. The number of rotatable bonds is 10. The van der Waals surface area contributed by atoms with Gasteiger partial charge >= 0.3 is 0 Å². The summed E-state index contributed by atoms with van der Waals surface area (Å²) in [5.41, 5.74) is -0.934. The van der Waals surface area contributed by atoms with Crippen molar-refractivity contribution in [3.63, 3.8) is 0 Å². The fourth-order valence-electron chi connectivity index (χ4n) is 8.39. The van der Waals surface area contributed by atoms with Gasteiger partial charge in [-0.2, -0.15) is 0 Å². The van der Waals surface area contributed by atoms with Gasteiger partial charge in [-0.15, -0.1) is 0 Å². The summed E-state index contributed by atoms with van der Waals surface area (Å²) in [6.45, 7) is 12.3. The average Bonchev–Trinajstić information content (AvgIpc) is 3.55. The number of hydrogen-bond acceptors (Lipinski definition) is 5. The van der Waals surface area contributed by atoms with Crippen LogP contribution in [0.2, 0.25) is 0 Å². The van der Waals surface area contributed by atoms with Crippen LogP contribution in [0.1, 0.15) is 84.4 Å². The lowest BCUT2D eigenvalue weighted by molar-refractivity contribution is -0.152. The van der Waals surface area contributed by atoms with Crippen LogP contribution in [0.15, 0.2) is 60.7 Å². The van der Waals surface area contributed by atoms with Gasteiger partial charge in [0.25, 0.3) is 0 Å². The molecule has 232 valence electrons. The lowest BCUT2D eigenvalue weighted by Crippen LogP contribution is -2.60. The van der Waals surface area contributed by atoms with Crippen molar-refractivity contribution in [2.45, 2.75) is 103 Å². The number of aliphatic hydroxyl groups excluding tert-OH is 1. The number of hydrogen-bond donors (Lipinski definition) is 3. The summed E-state index contributed by atoms with van der Waals surface area (Å²) in [7, 11) is 0. The van der Waals surface area contributed by atoms with Crippen molar-refractivity contribution in [3.8, 4) is 0 Å². The molecule has 8 heteroatoms. The Bertz CT molecular complexity index is 1340. The Morgan fingerprint density at radius 1 is 1.00 bits per heavy atom. The number of aliphatic hydroxyl groups is 1. The van der Waals surface area contributed by atoms with Gasteiger partial charge in [0.05, 0.1) is 30.1 Å². The maximum atomic E-state index is 14.7. The van der Waals surface area contributed by atoms with Crippen LogP contribution in [-0.2, 0) is 25.7 Å². The second-order valence-corrected chi connectivity index (χ2v) is 14.5. The fraction of sp³-hybridized carbons (Fsp3) is 0.571. The van der Waals surface area contributed by atoms with Crippen LogP contribution in [0.25, 0.3) is 0 Å². The van der Waals surface area contributed by atoms with E-state index in [0.717, 1.165) is 17.5 Å². The highest BCUT2D eigenvalue weighted by Gasteiger charge is 2.79. The van der Waals surface area contributed by atoms with E-state index in [0.29, 0.717) is 25.8 Å². The molecule has 8 nitrogen and oxygen atoms in total. The molecule has 3 saturated heterocycles. The van der Waals surface area contributed by atoms with Crippen LogP contribution in [0.5, 0.6) is 0 Å². The molecule has 5 rings (SSSR count). The highest BCUT2D eigenvalue weighted by Crippen LogP contribution is 2.65. The molecular weight excluding hydrogens is 542 g/mol. The Morgan fingerprint density at radius 3 is 2.21 bits per heavy atom. The summed E-state index contributed by atoms with van der Waals surface area (Å²) in [4.78, 5) is 44.7.